The molecule has 0 saturated heterocycles. The zero-order chi connectivity index (χ0) is 6.85. The van der Waals surface area contributed by atoms with Gasteiger partial charge in [-0.25, -0.2) is 0 Å². The van der Waals surface area contributed by atoms with Crippen molar-refractivity contribution in [3.8, 4) is 0 Å². The lowest BCUT2D eigenvalue weighted by molar-refractivity contribution is 0.609. The smallest absolute Gasteiger partial charge is 0.139 e. The Morgan fingerprint density at radius 2 is 2.00 bits per heavy atom. The van der Waals surface area contributed by atoms with E-state index in [9.17, 15) is 0 Å². The second-order valence-corrected chi connectivity index (χ2v) is 6.11. The van der Waals surface area contributed by atoms with Crippen molar-refractivity contribution in [1.82, 2.24) is 0 Å². The summed E-state index contributed by atoms with van der Waals surface area (Å²) < 4.78 is 0.544. The van der Waals surface area contributed by atoms with Gasteiger partial charge in [0.15, 0.2) is 0 Å². The quantitative estimate of drug-likeness (QED) is 0.628. The lowest BCUT2D eigenvalue weighted by atomic mass is 9.79. The van der Waals surface area contributed by atoms with E-state index in [0.717, 1.165) is 11.7 Å². The zero-order valence-electron chi connectivity index (χ0n) is 5.61. The summed E-state index contributed by atoms with van der Waals surface area (Å²) in [5.74, 6) is 1.78. The van der Waals surface area contributed by atoms with Crippen molar-refractivity contribution in [2.24, 2.45) is 5.92 Å². The topological polar surface area (TPSA) is 0 Å². The highest BCUT2D eigenvalue weighted by Gasteiger charge is 2.30. The van der Waals surface area contributed by atoms with Crippen molar-refractivity contribution < 1.29 is 0 Å². The van der Waals surface area contributed by atoms with Crippen LogP contribution in [0.3, 0.4) is 0 Å². The van der Waals surface area contributed by atoms with Crippen LogP contribution in [-0.4, -0.2) is 4.36 Å². The van der Waals surface area contributed by atoms with Crippen molar-refractivity contribution in [2.75, 3.05) is 0 Å². The Morgan fingerprint density at radius 3 is 2.22 bits per heavy atom. The standard InChI is InChI=1S/C6H11BBr2/c1-5-3-2-4-6(5)7(8)9/h5-6H,2-4H2,1H3. The molecule has 0 amide bonds. The highest BCUT2D eigenvalue weighted by Crippen LogP contribution is 2.41. The number of halogens is 2. The first-order valence-electron chi connectivity index (χ1n) is 3.50. The average Bonchev–Trinajstić information content (AvgIpc) is 2.13. The van der Waals surface area contributed by atoms with Gasteiger partial charge in [0.05, 0.1) is 0 Å². The SMILES string of the molecule is CC1CCCC1B(Br)Br. The van der Waals surface area contributed by atoms with E-state index in [1.807, 2.05) is 0 Å². The van der Waals surface area contributed by atoms with Crippen LogP contribution in [0.1, 0.15) is 26.2 Å². The Balaban J connectivity index is 2.40. The van der Waals surface area contributed by atoms with Crippen molar-refractivity contribution >= 4 is 35.9 Å². The molecule has 0 aromatic heterocycles. The molecule has 0 aromatic rings. The molecule has 0 aliphatic heterocycles. The van der Waals surface area contributed by atoms with Crippen LogP contribution in [0.15, 0.2) is 0 Å². The predicted octanol–water partition coefficient (Wildman–Crippen LogP) is 3.45. The zero-order valence-corrected chi connectivity index (χ0v) is 8.78. The summed E-state index contributed by atoms with van der Waals surface area (Å²) in [5.41, 5.74) is 0. The third-order valence-electron chi connectivity index (χ3n) is 2.25. The second kappa shape index (κ2) is 3.43. The van der Waals surface area contributed by atoms with Crippen molar-refractivity contribution in [1.29, 1.82) is 0 Å². The number of rotatable bonds is 1. The van der Waals surface area contributed by atoms with Gasteiger partial charge in [-0.15, -0.1) is 31.5 Å². The van der Waals surface area contributed by atoms with Gasteiger partial charge < -0.3 is 0 Å². The van der Waals surface area contributed by atoms with E-state index < -0.39 is 0 Å². The third-order valence-corrected chi connectivity index (χ3v) is 3.61. The fraction of sp³-hybridized carbons (Fsp3) is 1.00. The highest BCUT2D eigenvalue weighted by atomic mass is 79.9. The van der Waals surface area contributed by atoms with Crippen LogP contribution in [0.4, 0.5) is 0 Å². The molecule has 1 rings (SSSR count). The first-order valence-corrected chi connectivity index (χ1v) is 5.33. The summed E-state index contributed by atoms with van der Waals surface area (Å²) in [6, 6.07) is 0. The lowest BCUT2D eigenvalue weighted by Gasteiger charge is -2.12. The van der Waals surface area contributed by atoms with Crippen molar-refractivity contribution in [2.45, 2.75) is 32.0 Å². The molecule has 1 saturated carbocycles. The van der Waals surface area contributed by atoms with E-state index in [2.05, 4.69) is 38.4 Å². The Morgan fingerprint density at radius 1 is 1.33 bits per heavy atom. The largest absolute Gasteiger partial charge is 0.301 e. The first kappa shape index (κ1) is 8.12. The Kier molecular flexibility index (Phi) is 3.09. The molecule has 0 N–H and O–H groups in total. The van der Waals surface area contributed by atoms with E-state index in [1.165, 1.54) is 19.3 Å². The molecular formula is C6H11BBr2. The van der Waals surface area contributed by atoms with Crippen LogP contribution in [0.5, 0.6) is 0 Å². The minimum Gasteiger partial charge on any atom is -0.139 e. The van der Waals surface area contributed by atoms with Crippen molar-refractivity contribution in [3.05, 3.63) is 0 Å². The summed E-state index contributed by atoms with van der Waals surface area (Å²) in [6.45, 7) is 2.34. The number of hydrogen-bond acceptors (Lipinski definition) is 0. The Bertz CT molecular complexity index is 95.1. The van der Waals surface area contributed by atoms with E-state index in [1.54, 1.807) is 0 Å². The molecule has 1 fully saturated rings. The van der Waals surface area contributed by atoms with Gasteiger partial charge in [-0.05, 0) is 11.7 Å². The van der Waals surface area contributed by atoms with Gasteiger partial charge in [0, 0.05) is 0 Å². The second-order valence-electron chi connectivity index (χ2n) is 2.91. The summed E-state index contributed by atoms with van der Waals surface area (Å²) in [7, 11) is 0. The van der Waals surface area contributed by atoms with Crippen LogP contribution in [0, 0.1) is 5.92 Å². The minimum absolute atomic E-state index is 0.544. The summed E-state index contributed by atoms with van der Waals surface area (Å²) >= 11 is 7.12. The van der Waals surface area contributed by atoms with Gasteiger partial charge >= 0.3 is 4.36 Å². The van der Waals surface area contributed by atoms with Crippen LogP contribution < -0.4 is 0 Å². The predicted molar refractivity (Wildman–Crippen MR) is 50.4 cm³/mol. The molecule has 52 valence electrons. The van der Waals surface area contributed by atoms with E-state index in [4.69, 9.17) is 0 Å². The number of hydrogen-bond donors (Lipinski definition) is 0. The molecule has 3 heteroatoms. The maximum Gasteiger partial charge on any atom is 0.301 e. The molecule has 0 radical (unpaired) electrons. The molecule has 0 spiro atoms. The van der Waals surface area contributed by atoms with Gasteiger partial charge in [-0.2, -0.15) is 0 Å². The molecule has 0 bridgehead atoms. The third kappa shape index (κ3) is 1.97. The first-order chi connectivity index (χ1) is 4.22. The van der Waals surface area contributed by atoms with Gasteiger partial charge in [-0.1, -0.05) is 26.2 Å². The minimum atomic E-state index is 0.544. The average molecular weight is 254 g/mol. The van der Waals surface area contributed by atoms with Crippen LogP contribution in [0.25, 0.3) is 0 Å². The monoisotopic (exact) mass is 252 g/mol. The lowest BCUT2D eigenvalue weighted by Crippen LogP contribution is -2.08. The van der Waals surface area contributed by atoms with E-state index in [0.29, 0.717) is 4.36 Å². The normalized spacial score (nSPS) is 35.0. The molecule has 0 nitrogen and oxygen atoms in total. The fourth-order valence-corrected chi connectivity index (χ4v) is 3.12. The van der Waals surface area contributed by atoms with Gasteiger partial charge in [-0.3, -0.25) is 0 Å². The van der Waals surface area contributed by atoms with Crippen molar-refractivity contribution in [3.63, 3.8) is 0 Å². The molecule has 2 unspecified atom stereocenters. The molecule has 0 aromatic carbocycles. The highest BCUT2D eigenvalue weighted by molar-refractivity contribution is 9.49. The Hall–Kier alpha value is 1.02. The molecule has 1 aliphatic rings. The van der Waals surface area contributed by atoms with E-state index >= 15 is 0 Å². The van der Waals surface area contributed by atoms with Crippen LogP contribution >= 0.6 is 31.5 Å². The molecular weight excluding hydrogens is 243 g/mol. The maximum atomic E-state index is 3.56. The Labute approximate surface area is 73.8 Å². The van der Waals surface area contributed by atoms with Crippen LogP contribution in [-0.2, 0) is 0 Å². The van der Waals surface area contributed by atoms with Gasteiger partial charge in [0.25, 0.3) is 0 Å². The molecule has 1 aliphatic carbocycles. The van der Waals surface area contributed by atoms with Crippen LogP contribution in [0.2, 0.25) is 5.82 Å². The van der Waals surface area contributed by atoms with E-state index in [-0.39, 0.29) is 0 Å². The molecule has 9 heavy (non-hydrogen) atoms. The summed E-state index contributed by atoms with van der Waals surface area (Å²) in [5, 5.41) is 0. The fourth-order valence-electron chi connectivity index (χ4n) is 1.55. The molecule has 2 atom stereocenters. The van der Waals surface area contributed by atoms with Gasteiger partial charge in [0.2, 0.25) is 0 Å². The summed E-state index contributed by atoms with van der Waals surface area (Å²) in [6.07, 6.45) is 4.22. The molecule has 0 heterocycles. The summed E-state index contributed by atoms with van der Waals surface area (Å²) in [4.78, 5) is 0. The maximum absolute atomic E-state index is 3.56. The van der Waals surface area contributed by atoms with Gasteiger partial charge in [0.1, 0.15) is 0 Å².